The molecule has 0 N–H and O–H groups in total. The normalized spacial score (nSPS) is 15.1. The van der Waals surface area contributed by atoms with Gasteiger partial charge < -0.3 is 28.9 Å². The summed E-state index contributed by atoms with van der Waals surface area (Å²) in [5, 5.41) is 0. The van der Waals surface area contributed by atoms with Crippen molar-refractivity contribution in [1.29, 1.82) is 0 Å². The second-order valence-corrected chi connectivity index (χ2v) is 4.45. The summed E-state index contributed by atoms with van der Waals surface area (Å²) in [6, 6.07) is 0.0579. The molecule has 0 unspecified atom stereocenters. The lowest BCUT2D eigenvalue weighted by Gasteiger charge is -2.28. The number of hydrogen-bond donors (Lipinski definition) is 0. The number of carbonyl (C=O) groups is 1. The van der Waals surface area contributed by atoms with Crippen LogP contribution >= 0.6 is 0 Å². The van der Waals surface area contributed by atoms with E-state index in [1.165, 1.54) is 19.3 Å². The Morgan fingerprint density at radius 2 is 2.25 bits per heavy atom. The van der Waals surface area contributed by atoms with Gasteiger partial charge in [-0.1, -0.05) is 6.42 Å². The van der Waals surface area contributed by atoms with Crippen molar-refractivity contribution in [3.05, 3.63) is 18.7 Å². The monoisotopic (exact) mass is 335 g/mol. The van der Waals surface area contributed by atoms with E-state index in [-0.39, 0.29) is 30.0 Å². The Balaban J connectivity index is 0.00000128. The largest absolute Gasteiger partial charge is 1.00 e. The molecule has 5 heteroatoms. The number of amides is 1. The highest BCUT2D eigenvalue weighted by atomic mass is 127. The maximum atomic E-state index is 11.9. The van der Waals surface area contributed by atoms with Crippen molar-refractivity contribution in [3.63, 3.8) is 0 Å². The van der Waals surface area contributed by atoms with E-state index in [1.54, 1.807) is 17.1 Å². The molecule has 4 nitrogen and oxygen atoms in total. The molecule has 0 saturated heterocycles. The summed E-state index contributed by atoms with van der Waals surface area (Å²) in [6.07, 6.45) is 9.33. The number of aromatic nitrogens is 2. The summed E-state index contributed by atoms with van der Waals surface area (Å²) in [6.45, 7) is 0.890. The molecule has 0 atom stereocenters. The Hall–Kier alpha value is -0.590. The van der Waals surface area contributed by atoms with Crippen LogP contribution in [0.4, 0.5) is 4.79 Å². The first kappa shape index (κ1) is 13.5. The average molecular weight is 335 g/mol. The lowest BCUT2D eigenvalue weighted by molar-refractivity contribution is -0.670. The lowest BCUT2D eigenvalue weighted by Crippen LogP contribution is -3.00. The highest BCUT2D eigenvalue weighted by Gasteiger charge is 2.24. The molecule has 1 aliphatic carbocycles. The van der Waals surface area contributed by atoms with Crippen molar-refractivity contribution in [3.8, 4) is 0 Å². The standard InChI is InChI=1S/C11H18N3O.HI/c1-12-6-7-14(9-12)11(15)13(2)8-10-4-3-5-10;/h6-7,9-10H,3-5,8H2,1-2H3;1H/q+1;/p-1. The SMILES string of the molecule is CN(CC1CCC1)C(=O)n1cc[n+](C)c1.[I-]. The van der Waals surface area contributed by atoms with Crippen LogP contribution in [0.2, 0.25) is 0 Å². The topological polar surface area (TPSA) is 29.1 Å². The van der Waals surface area contributed by atoms with Gasteiger partial charge in [0.1, 0.15) is 12.4 Å². The van der Waals surface area contributed by atoms with Crippen LogP contribution in [0.25, 0.3) is 0 Å². The third-order valence-electron chi connectivity index (χ3n) is 3.07. The molecule has 1 heterocycles. The smallest absolute Gasteiger partial charge is 0.415 e. The maximum Gasteiger partial charge on any atom is 0.415 e. The van der Waals surface area contributed by atoms with Crippen LogP contribution < -0.4 is 28.5 Å². The van der Waals surface area contributed by atoms with Crippen LogP contribution in [0.3, 0.4) is 0 Å². The fourth-order valence-corrected chi connectivity index (χ4v) is 1.90. The van der Waals surface area contributed by atoms with Crippen molar-refractivity contribution in [2.24, 2.45) is 13.0 Å². The Kier molecular flexibility index (Phi) is 4.76. The van der Waals surface area contributed by atoms with Crippen LogP contribution in [0, 0.1) is 5.92 Å². The first-order chi connectivity index (χ1) is 7.16. The van der Waals surface area contributed by atoms with Crippen molar-refractivity contribution >= 4 is 6.03 Å². The van der Waals surface area contributed by atoms with E-state index >= 15 is 0 Å². The van der Waals surface area contributed by atoms with Crippen LogP contribution in [0.5, 0.6) is 0 Å². The number of aryl methyl sites for hydroxylation is 1. The summed E-state index contributed by atoms with van der Waals surface area (Å²) in [5.41, 5.74) is 0. The van der Waals surface area contributed by atoms with Crippen LogP contribution in [0.1, 0.15) is 19.3 Å². The molecule has 1 aromatic rings. The summed E-state index contributed by atoms with van der Waals surface area (Å²) in [5.74, 6) is 0.725. The molecule has 1 amide bonds. The molecule has 16 heavy (non-hydrogen) atoms. The van der Waals surface area contributed by atoms with Gasteiger partial charge in [-0.2, -0.15) is 4.57 Å². The van der Waals surface area contributed by atoms with E-state index in [1.807, 2.05) is 29.8 Å². The number of imidazole rings is 1. The van der Waals surface area contributed by atoms with E-state index in [9.17, 15) is 4.79 Å². The van der Waals surface area contributed by atoms with Gasteiger partial charge in [0.15, 0.2) is 0 Å². The van der Waals surface area contributed by atoms with E-state index in [0.717, 1.165) is 12.5 Å². The van der Waals surface area contributed by atoms with Gasteiger partial charge in [-0.25, -0.2) is 9.36 Å². The molecule has 2 rings (SSSR count). The minimum Gasteiger partial charge on any atom is -1.00 e. The summed E-state index contributed by atoms with van der Waals surface area (Å²) in [7, 11) is 3.79. The van der Waals surface area contributed by atoms with Crippen LogP contribution in [-0.2, 0) is 7.05 Å². The van der Waals surface area contributed by atoms with Crippen molar-refractivity contribution in [2.45, 2.75) is 19.3 Å². The molecular formula is C11H18IN3O. The fraction of sp³-hybridized carbons (Fsp3) is 0.636. The Labute approximate surface area is 113 Å². The summed E-state index contributed by atoms with van der Waals surface area (Å²) < 4.78 is 3.49. The number of carbonyl (C=O) groups excluding carboxylic acids is 1. The maximum absolute atomic E-state index is 11.9. The second-order valence-electron chi connectivity index (χ2n) is 4.45. The summed E-state index contributed by atoms with van der Waals surface area (Å²) >= 11 is 0. The second kappa shape index (κ2) is 5.65. The molecule has 1 fully saturated rings. The van der Waals surface area contributed by atoms with Gasteiger partial charge in [0.05, 0.1) is 7.05 Å². The van der Waals surface area contributed by atoms with Crippen molar-refractivity contribution in [2.75, 3.05) is 13.6 Å². The zero-order chi connectivity index (χ0) is 10.8. The molecule has 90 valence electrons. The molecule has 0 aromatic carbocycles. The average Bonchev–Trinajstić information content (AvgIpc) is 2.56. The molecule has 1 saturated carbocycles. The molecule has 0 spiro atoms. The molecule has 0 bridgehead atoms. The predicted molar refractivity (Wildman–Crippen MR) is 56.4 cm³/mol. The van der Waals surface area contributed by atoms with Gasteiger partial charge in [0.25, 0.3) is 6.33 Å². The first-order valence-corrected chi connectivity index (χ1v) is 5.45. The lowest BCUT2D eigenvalue weighted by atomic mass is 9.85. The molecule has 0 radical (unpaired) electrons. The number of nitrogens with zero attached hydrogens (tertiary/aromatic N) is 3. The van der Waals surface area contributed by atoms with Gasteiger partial charge in [-0.15, -0.1) is 0 Å². The quantitative estimate of drug-likeness (QED) is 0.455. The van der Waals surface area contributed by atoms with Gasteiger partial charge in [-0.3, -0.25) is 0 Å². The first-order valence-electron chi connectivity index (χ1n) is 5.45. The predicted octanol–water partition coefficient (Wildman–Crippen LogP) is -1.98. The van der Waals surface area contributed by atoms with Gasteiger partial charge >= 0.3 is 6.03 Å². The zero-order valence-corrected chi connectivity index (χ0v) is 11.9. The van der Waals surface area contributed by atoms with E-state index in [4.69, 9.17) is 0 Å². The third kappa shape index (κ3) is 2.96. The van der Waals surface area contributed by atoms with Crippen molar-refractivity contribution in [1.82, 2.24) is 9.47 Å². The highest BCUT2D eigenvalue weighted by Crippen LogP contribution is 2.26. The molecule has 0 aliphatic heterocycles. The van der Waals surface area contributed by atoms with Crippen LogP contribution in [-0.4, -0.2) is 29.1 Å². The van der Waals surface area contributed by atoms with E-state index in [2.05, 4.69) is 0 Å². The minimum absolute atomic E-state index is 0. The number of halogens is 1. The van der Waals surface area contributed by atoms with Gasteiger partial charge in [0.2, 0.25) is 0 Å². The highest BCUT2D eigenvalue weighted by molar-refractivity contribution is 5.76. The molecular weight excluding hydrogens is 317 g/mol. The number of rotatable bonds is 2. The molecule has 1 aromatic heterocycles. The fourth-order valence-electron chi connectivity index (χ4n) is 1.90. The van der Waals surface area contributed by atoms with Gasteiger partial charge in [-0.05, 0) is 18.8 Å². The van der Waals surface area contributed by atoms with Crippen LogP contribution in [0.15, 0.2) is 18.7 Å². The minimum atomic E-state index is 0. The summed E-state index contributed by atoms with van der Waals surface area (Å²) in [4.78, 5) is 13.7. The molecule has 1 aliphatic rings. The Bertz CT molecular complexity index is 360. The third-order valence-corrected chi connectivity index (χ3v) is 3.07. The van der Waals surface area contributed by atoms with E-state index in [0.29, 0.717) is 0 Å². The van der Waals surface area contributed by atoms with Gasteiger partial charge in [0, 0.05) is 13.6 Å². The Morgan fingerprint density at radius 3 is 2.69 bits per heavy atom. The number of hydrogen-bond acceptors (Lipinski definition) is 1. The zero-order valence-electron chi connectivity index (χ0n) is 9.77. The van der Waals surface area contributed by atoms with Crippen molar-refractivity contribution < 1.29 is 33.3 Å². The Morgan fingerprint density at radius 1 is 1.56 bits per heavy atom. The van der Waals surface area contributed by atoms with E-state index < -0.39 is 0 Å².